The Bertz CT molecular complexity index is 733. The molecule has 0 aliphatic heterocycles. The lowest BCUT2D eigenvalue weighted by Crippen LogP contribution is -2.34. The smallest absolute Gasteiger partial charge is 0.144 e. The van der Waals surface area contributed by atoms with Crippen molar-refractivity contribution in [1.82, 2.24) is 0 Å². The number of nitrogens with two attached hydrogens (primary N) is 1. The number of benzene rings is 2. The Morgan fingerprint density at radius 3 is 2.59 bits per heavy atom. The average Bonchev–Trinajstić information content (AvgIpc) is 3.10. The van der Waals surface area contributed by atoms with Crippen molar-refractivity contribution in [3.05, 3.63) is 64.9 Å². The summed E-state index contributed by atoms with van der Waals surface area (Å²) in [7, 11) is 0. The van der Waals surface area contributed by atoms with Crippen LogP contribution in [0.15, 0.2) is 60.0 Å². The van der Waals surface area contributed by atoms with E-state index >= 15 is 0 Å². The summed E-state index contributed by atoms with van der Waals surface area (Å²) in [6.45, 7) is 2.77. The van der Waals surface area contributed by atoms with Crippen molar-refractivity contribution >= 4 is 22.1 Å². The van der Waals surface area contributed by atoms with Crippen LogP contribution in [0.3, 0.4) is 0 Å². The first-order chi connectivity index (χ1) is 10.8. The Balaban J connectivity index is 2.06. The van der Waals surface area contributed by atoms with E-state index in [1.54, 1.807) is 11.3 Å². The highest BCUT2D eigenvalue weighted by molar-refractivity contribution is 7.10. The van der Waals surface area contributed by atoms with Gasteiger partial charge in [0.1, 0.15) is 11.4 Å². The van der Waals surface area contributed by atoms with Gasteiger partial charge in [0.2, 0.25) is 0 Å². The first kappa shape index (κ1) is 15.1. The van der Waals surface area contributed by atoms with Crippen LogP contribution in [-0.4, -0.2) is 6.54 Å². The standard InChI is InChI=1S/C19H21NOS/c1-2-19(12-13-20,18-11-6-14-22-18)21-17-10-5-8-15-7-3-4-9-16(15)17/h3-11,14H,2,12-13,20H2,1H3/t19-/m1/s1. The van der Waals surface area contributed by atoms with Crippen molar-refractivity contribution in [2.45, 2.75) is 25.4 Å². The highest BCUT2D eigenvalue weighted by atomic mass is 32.1. The Labute approximate surface area is 135 Å². The van der Waals surface area contributed by atoms with E-state index in [9.17, 15) is 0 Å². The normalized spacial score (nSPS) is 13.9. The number of rotatable bonds is 6. The predicted octanol–water partition coefficient (Wildman–Crippen LogP) is 4.93. The molecule has 0 saturated heterocycles. The molecule has 114 valence electrons. The van der Waals surface area contributed by atoms with Crippen molar-refractivity contribution in [3.8, 4) is 5.75 Å². The van der Waals surface area contributed by atoms with Gasteiger partial charge in [0.15, 0.2) is 0 Å². The summed E-state index contributed by atoms with van der Waals surface area (Å²) >= 11 is 1.74. The molecule has 1 aromatic heterocycles. The van der Waals surface area contributed by atoms with Crippen LogP contribution in [0.4, 0.5) is 0 Å². The van der Waals surface area contributed by atoms with E-state index in [0.717, 1.165) is 24.0 Å². The van der Waals surface area contributed by atoms with Gasteiger partial charge < -0.3 is 10.5 Å². The van der Waals surface area contributed by atoms with Gasteiger partial charge in [-0.3, -0.25) is 0 Å². The Kier molecular flexibility index (Phi) is 4.46. The topological polar surface area (TPSA) is 35.2 Å². The molecular weight excluding hydrogens is 290 g/mol. The Morgan fingerprint density at radius 1 is 1.05 bits per heavy atom. The van der Waals surface area contributed by atoms with Crippen LogP contribution in [0.1, 0.15) is 24.6 Å². The third kappa shape index (κ3) is 2.74. The summed E-state index contributed by atoms with van der Waals surface area (Å²) in [6, 6.07) is 18.8. The second kappa shape index (κ2) is 6.51. The molecule has 0 spiro atoms. The van der Waals surface area contributed by atoms with Crippen molar-refractivity contribution in [1.29, 1.82) is 0 Å². The second-order valence-electron chi connectivity index (χ2n) is 5.44. The van der Waals surface area contributed by atoms with Crippen molar-refractivity contribution < 1.29 is 4.74 Å². The molecule has 0 saturated carbocycles. The molecule has 3 aromatic rings. The van der Waals surface area contributed by atoms with E-state index < -0.39 is 0 Å². The number of ether oxygens (including phenoxy) is 1. The van der Waals surface area contributed by atoms with E-state index in [1.807, 2.05) is 0 Å². The van der Waals surface area contributed by atoms with E-state index in [4.69, 9.17) is 10.5 Å². The summed E-state index contributed by atoms with van der Waals surface area (Å²) in [5.41, 5.74) is 5.55. The van der Waals surface area contributed by atoms with Crippen LogP contribution >= 0.6 is 11.3 Å². The molecule has 2 N–H and O–H groups in total. The van der Waals surface area contributed by atoms with E-state index in [2.05, 4.69) is 66.9 Å². The lowest BCUT2D eigenvalue weighted by atomic mass is 9.93. The van der Waals surface area contributed by atoms with Gasteiger partial charge in [-0.25, -0.2) is 0 Å². The second-order valence-corrected chi connectivity index (χ2v) is 6.39. The Hall–Kier alpha value is -1.84. The third-order valence-electron chi connectivity index (χ3n) is 4.14. The zero-order valence-corrected chi connectivity index (χ0v) is 13.6. The fourth-order valence-corrected chi connectivity index (χ4v) is 3.88. The summed E-state index contributed by atoms with van der Waals surface area (Å²) in [4.78, 5) is 1.24. The number of thiophene rings is 1. The summed E-state index contributed by atoms with van der Waals surface area (Å²) < 4.78 is 6.58. The molecule has 0 amide bonds. The zero-order valence-electron chi connectivity index (χ0n) is 12.8. The van der Waals surface area contributed by atoms with Gasteiger partial charge in [-0.2, -0.15) is 0 Å². The maximum Gasteiger partial charge on any atom is 0.144 e. The van der Waals surface area contributed by atoms with Gasteiger partial charge in [0, 0.05) is 16.7 Å². The van der Waals surface area contributed by atoms with Gasteiger partial charge in [0.25, 0.3) is 0 Å². The highest BCUT2D eigenvalue weighted by Gasteiger charge is 2.33. The van der Waals surface area contributed by atoms with E-state index in [0.29, 0.717) is 6.54 Å². The van der Waals surface area contributed by atoms with Gasteiger partial charge in [-0.05, 0) is 35.9 Å². The van der Waals surface area contributed by atoms with Crippen molar-refractivity contribution in [2.24, 2.45) is 5.73 Å². The van der Waals surface area contributed by atoms with Gasteiger partial charge in [0.05, 0.1) is 0 Å². The minimum Gasteiger partial charge on any atom is -0.481 e. The lowest BCUT2D eigenvalue weighted by Gasteiger charge is -2.33. The van der Waals surface area contributed by atoms with Gasteiger partial charge in [-0.15, -0.1) is 11.3 Å². The van der Waals surface area contributed by atoms with Crippen LogP contribution in [0.25, 0.3) is 10.8 Å². The molecule has 3 rings (SSSR count). The molecule has 0 fully saturated rings. The molecule has 1 heterocycles. The summed E-state index contributed by atoms with van der Waals surface area (Å²) in [5, 5.41) is 4.45. The van der Waals surface area contributed by atoms with Crippen LogP contribution < -0.4 is 10.5 Å². The molecule has 0 aliphatic rings. The third-order valence-corrected chi connectivity index (χ3v) is 5.20. The first-order valence-corrected chi connectivity index (χ1v) is 8.58. The molecule has 0 radical (unpaired) electrons. The molecule has 2 aromatic carbocycles. The number of hydrogen-bond donors (Lipinski definition) is 1. The van der Waals surface area contributed by atoms with Crippen LogP contribution in [-0.2, 0) is 5.60 Å². The van der Waals surface area contributed by atoms with Crippen molar-refractivity contribution in [3.63, 3.8) is 0 Å². The molecule has 1 atom stereocenters. The molecule has 0 unspecified atom stereocenters. The molecule has 0 bridgehead atoms. The SMILES string of the molecule is CC[C@](CCN)(Oc1cccc2ccccc12)c1cccs1. The summed E-state index contributed by atoms with van der Waals surface area (Å²) in [5.74, 6) is 0.932. The number of fused-ring (bicyclic) bond motifs is 1. The lowest BCUT2D eigenvalue weighted by molar-refractivity contribution is 0.0602. The van der Waals surface area contributed by atoms with Crippen LogP contribution in [0, 0.1) is 0 Å². The maximum absolute atomic E-state index is 6.58. The maximum atomic E-state index is 6.58. The largest absolute Gasteiger partial charge is 0.481 e. The van der Waals surface area contributed by atoms with Crippen LogP contribution in [0.5, 0.6) is 5.75 Å². The molecule has 3 heteroatoms. The molecule has 22 heavy (non-hydrogen) atoms. The van der Waals surface area contributed by atoms with Gasteiger partial charge in [-0.1, -0.05) is 49.4 Å². The number of hydrogen-bond acceptors (Lipinski definition) is 3. The van der Waals surface area contributed by atoms with Crippen LogP contribution in [0.2, 0.25) is 0 Å². The minimum atomic E-state index is -0.340. The zero-order chi connectivity index (χ0) is 15.4. The molecule has 2 nitrogen and oxygen atoms in total. The monoisotopic (exact) mass is 311 g/mol. The highest BCUT2D eigenvalue weighted by Crippen LogP contribution is 2.39. The molecule has 0 aliphatic carbocycles. The quantitative estimate of drug-likeness (QED) is 0.700. The van der Waals surface area contributed by atoms with E-state index in [-0.39, 0.29) is 5.60 Å². The fourth-order valence-electron chi connectivity index (χ4n) is 2.91. The fraction of sp³-hybridized carbons (Fsp3) is 0.263. The molecular formula is C19H21NOS. The van der Waals surface area contributed by atoms with E-state index in [1.165, 1.54) is 10.3 Å². The average molecular weight is 311 g/mol. The van der Waals surface area contributed by atoms with Gasteiger partial charge >= 0.3 is 0 Å². The predicted molar refractivity (Wildman–Crippen MR) is 94.5 cm³/mol. The summed E-state index contributed by atoms with van der Waals surface area (Å²) in [6.07, 6.45) is 1.71. The first-order valence-electron chi connectivity index (χ1n) is 7.70. The van der Waals surface area contributed by atoms with Crippen molar-refractivity contribution in [2.75, 3.05) is 6.54 Å². The minimum absolute atomic E-state index is 0.340. The Morgan fingerprint density at radius 2 is 1.86 bits per heavy atom.